The molecule has 4 heteroatoms. The van der Waals surface area contributed by atoms with Crippen molar-refractivity contribution < 1.29 is 19.7 Å². The average molecular weight is 895 g/mol. The zero-order valence-corrected chi connectivity index (χ0v) is 38.6. The lowest BCUT2D eigenvalue weighted by Gasteiger charge is -2.44. The topological polar surface area (TPSA) is 58.9 Å². The van der Waals surface area contributed by atoms with Crippen molar-refractivity contribution in [3.8, 4) is 0 Å². The van der Waals surface area contributed by atoms with Gasteiger partial charge in [0, 0.05) is 0 Å². The summed E-state index contributed by atoms with van der Waals surface area (Å²) in [6.07, 6.45) is -1.47. The maximum Gasteiger partial charge on any atom is 0.169 e. The number of rotatable bonds is 8. The second-order valence-corrected chi connectivity index (χ2v) is 19.0. The number of fused-ring (bicyclic) bond motifs is 12. The van der Waals surface area contributed by atoms with Crippen LogP contribution in [-0.2, 0) is 20.7 Å². The van der Waals surface area contributed by atoms with E-state index < -0.39 is 29.2 Å². The van der Waals surface area contributed by atoms with Crippen molar-refractivity contribution in [3.05, 3.63) is 241 Å². The molecule has 2 atom stereocenters. The Kier molecular flexibility index (Phi) is 9.56. The summed E-state index contributed by atoms with van der Waals surface area (Å²) < 4.78 is 15.4. The van der Waals surface area contributed by atoms with Crippen LogP contribution in [0.15, 0.2) is 218 Å². The van der Waals surface area contributed by atoms with Gasteiger partial charge in [-0.3, -0.25) is 0 Å². The minimum atomic E-state index is -1.96. The number of ether oxygens (including phenoxy) is 2. The molecule has 0 radical (unpaired) electrons. The number of benzene rings is 12. The van der Waals surface area contributed by atoms with Crippen molar-refractivity contribution in [2.45, 2.75) is 55.9 Å². The van der Waals surface area contributed by atoms with Gasteiger partial charge in [-0.2, -0.15) is 0 Å². The van der Waals surface area contributed by atoms with Crippen LogP contribution in [-0.4, -0.2) is 28.2 Å². The van der Waals surface area contributed by atoms with E-state index in [9.17, 15) is 0 Å². The van der Waals surface area contributed by atoms with Gasteiger partial charge in [0.15, 0.2) is 5.79 Å². The number of aliphatic hydroxyl groups is 2. The van der Waals surface area contributed by atoms with Gasteiger partial charge in [0.2, 0.25) is 0 Å². The quantitative estimate of drug-likeness (QED) is 0.149. The van der Waals surface area contributed by atoms with Crippen molar-refractivity contribution in [1.82, 2.24) is 0 Å². The summed E-state index contributed by atoms with van der Waals surface area (Å²) in [6.45, 7) is 4.16. The van der Waals surface area contributed by atoms with Crippen molar-refractivity contribution in [2.75, 3.05) is 0 Å². The number of hydrogen-bond donors (Lipinski definition) is 2. The van der Waals surface area contributed by atoms with E-state index in [1.807, 2.05) is 24.3 Å². The summed E-state index contributed by atoms with van der Waals surface area (Å²) in [6, 6.07) is 75.6. The van der Waals surface area contributed by atoms with E-state index in [0.29, 0.717) is 35.1 Å². The van der Waals surface area contributed by atoms with E-state index >= 15 is 10.2 Å². The Morgan fingerprint density at radius 3 is 0.754 bits per heavy atom. The first-order valence-corrected chi connectivity index (χ1v) is 24.3. The number of hydrogen-bond acceptors (Lipinski definition) is 4. The third-order valence-electron chi connectivity index (χ3n) is 15.6. The van der Waals surface area contributed by atoms with Gasteiger partial charge in [0.1, 0.15) is 23.4 Å². The molecule has 1 aliphatic rings. The fourth-order valence-corrected chi connectivity index (χ4v) is 12.2. The van der Waals surface area contributed by atoms with E-state index in [1.165, 1.54) is 0 Å². The van der Waals surface area contributed by atoms with Gasteiger partial charge in [-0.25, -0.2) is 0 Å². The molecule has 1 fully saturated rings. The van der Waals surface area contributed by atoms with Gasteiger partial charge < -0.3 is 19.7 Å². The predicted molar refractivity (Wildman–Crippen MR) is 285 cm³/mol. The minimum Gasteiger partial charge on any atom is -0.377 e. The predicted octanol–water partition coefficient (Wildman–Crippen LogP) is 15.4. The summed E-state index contributed by atoms with van der Waals surface area (Å²) in [5, 5.41) is 46.4. The molecule has 0 spiro atoms. The largest absolute Gasteiger partial charge is 0.377 e. The summed E-state index contributed by atoms with van der Waals surface area (Å²) in [7, 11) is 0. The monoisotopic (exact) mass is 894 g/mol. The fourth-order valence-electron chi connectivity index (χ4n) is 12.2. The van der Waals surface area contributed by atoms with Crippen LogP contribution in [0.4, 0.5) is 0 Å². The molecule has 2 N–H and O–H groups in total. The lowest BCUT2D eigenvalue weighted by Crippen LogP contribution is -2.55. The molecule has 0 aliphatic carbocycles. The SMILES string of the molecule is CCC1(CC)O[C@H](C(O)(c2cc3ccccc3c3ccccc23)c2cc3ccccc3c3ccccc23)[C@@H](C(O)(c2cc3ccccc3c3ccccc23)c2cc3ccccc3c3ccccc23)O1. The molecule has 0 bridgehead atoms. The normalized spacial score (nSPS) is 16.5. The van der Waals surface area contributed by atoms with Crippen molar-refractivity contribution in [1.29, 1.82) is 0 Å². The molecule has 13 rings (SSSR count). The van der Waals surface area contributed by atoms with Gasteiger partial charge in [-0.15, -0.1) is 0 Å². The standard InChI is InChI=1S/C65H50O4/c1-3-63(4-2)68-61(64(66,57-37-41-21-5-9-25-45(41)49-29-13-17-33-53(49)57)58-38-42-22-6-10-26-46(42)50-30-14-18-34-54(50)58)62(69-63)65(67,59-39-43-23-7-11-27-47(43)51-31-15-19-35-55(51)59)60-40-44-24-8-12-28-48(44)52-32-16-20-36-56(52)60/h5-40,61-62,66-67H,3-4H2,1-2H3/t61-,62-/m0/s1. The lowest BCUT2D eigenvalue weighted by molar-refractivity contribution is -0.200. The Balaban J connectivity index is 1.22. The fraction of sp³-hybridized carbons (Fsp3) is 0.138. The molecule has 1 aliphatic heterocycles. The van der Waals surface area contributed by atoms with Crippen LogP contribution in [0.1, 0.15) is 48.9 Å². The van der Waals surface area contributed by atoms with Gasteiger partial charge in [-0.1, -0.05) is 208 Å². The smallest absolute Gasteiger partial charge is 0.169 e. The van der Waals surface area contributed by atoms with E-state index in [0.717, 1.165) is 86.2 Å². The van der Waals surface area contributed by atoms with Crippen LogP contribution in [0, 0.1) is 0 Å². The van der Waals surface area contributed by atoms with Crippen LogP contribution in [0.5, 0.6) is 0 Å². The van der Waals surface area contributed by atoms with Crippen LogP contribution in [0.2, 0.25) is 0 Å². The summed E-state index contributed by atoms with van der Waals surface area (Å²) in [5.41, 5.74) is -1.23. The molecule has 12 aromatic carbocycles. The molecular formula is C65H50O4. The summed E-state index contributed by atoms with van der Waals surface area (Å²) in [5.74, 6) is -1.20. The lowest BCUT2D eigenvalue weighted by atomic mass is 9.68. The Morgan fingerprint density at radius 1 is 0.319 bits per heavy atom. The maximum atomic E-state index is 15.3. The summed E-state index contributed by atoms with van der Waals surface area (Å²) in [4.78, 5) is 0. The zero-order chi connectivity index (χ0) is 46.5. The van der Waals surface area contributed by atoms with Crippen LogP contribution in [0.25, 0.3) is 86.2 Å². The van der Waals surface area contributed by atoms with Gasteiger partial charge in [0.05, 0.1) is 0 Å². The third kappa shape index (κ3) is 6.10. The second-order valence-electron chi connectivity index (χ2n) is 19.0. The van der Waals surface area contributed by atoms with E-state index in [1.54, 1.807) is 0 Å². The van der Waals surface area contributed by atoms with Crippen LogP contribution < -0.4 is 0 Å². The zero-order valence-electron chi connectivity index (χ0n) is 38.6. The molecule has 0 amide bonds. The van der Waals surface area contributed by atoms with Gasteiger partial charge >= 0.3 is 0 Å². The summed E-state index contributed by atoms with van der Waals surface area (Å²) >= 11 is 0. The molecule has 4 nitrogen and oxygen atoms in total. The van der Waals surface area contributed by atoms with Crippen molar-refractivity contribution >= 4 is 86.2 Å². The van der Waals surface area contributed by atoms with Crippen molar-refractivity contribution in [2.24, 2.45) is 0 Å². The van der Waals surface area contributed by atoms with Crippen LogP contribution in [0.3, 0.4) is 0 Å². The Labute approximate surface area is 400 Å². The highest BCUT2D eigenvalue weighted by atomic mass is 16.8. The Bertz CT molecular complexity index is 3520. The average Bonchev–Trinajstić information content (AvgIpc) is 3.83. The molecule has 69 heavy (non-hydrogen) atoms. The highest BCUT2D eigenvalue weighted by molar-refractivity contribution is 6.14. The van der Waals surface area contributed by atoms with E-state index in [2.05, 4.69) is 208 Å². The van der Waals surface area contributed by atoms with E-state index in [-0.39, 0.29) is 0 Å². The molecule has 1 saturated heterocycles. The van der Waals surface area contributed by atoms with Crippen molar-refractivity contribution in [3.63, 3.8) is 0 Å². The van der Waals surface area contributed by atoms with Crippen LogP contribution >= 0.6 is 0 Å². The molecule has 1 heterocycles. The minimum absolute atomic E-state index is 0.469. The molecule has 12 aromatic rings. The molecule has 334 valence electrons. The van der Waals surface area contributed by atoms with Gasteiger partial charge in [0.25, 0.3) is 0 Å². The third-order valence-corrected chi connectivity index (χ3v) is 15.6. The highest BCUT2D eigenvalue weighted by Gasteiger charge is 2.63. The molecule has 0 unspecified atom stereocenters. The highest BCUT2D eigenvalue weighted by Crippen LogP contribution is 2.57. The second kappa shape index (κ2) is 15.8. The Hall–Kier alpha value is -7.44. The first kappa shape index (κ1) is 41.7. The van der Waals surface area contributed by atoms with Gasteiger partial charge in [-0.05, 0) is 146 Å². The van der Waals surface area contributed by atoms with E-state index in [4.69, 9.17) is 9.47 Å². The maximum absolute atomic E-state index is 15.3. The molecule has 0 aromatic heterocycles. The molecule has 0 saturated carbocycles. The first-order valence-electron chi connectivity index (χ1n) is 24.3. The molecular weight excluding hydrogens is 845 g/mol. The Morgan fingerprint density at radius 2 is 0.522 bits per heavy atom. The first-order chi connectivity index (χ1) is 33.8.